The number of aromatic nitrogens is 3. The Labute approximate surface area is 130 Å². The van der Waals surface area contributed by atoms with E-state index in [1.54, 1.807) is 0 Å². The maximum Gasteiger partial charge on any atom is 0.277 e. The van der Waals surface area contributed by atoms with E-state index >= 15 is 0 Å². The van der Waals surface area contributed by atoms with E-state index in [0.717, 1.165) is 18.4 Å². The van der Waals surface area contributed by atoms with Gasteiger partial charge >= 0.3 is 0 Å². The maximum atomic E-state index is 13.9. The zero-order valence-corrected chi connectivity index (χ0v) is 12.0. The smallest absolute Gasteiger partial charge is 0.277 e. The molecule has 7 heteroatoms. The van der Waals surface area contributed by atoms with Gasteiger partial charge in [-0.1, -0.05) is 0 Å². The van der Waals surface area contributed by atoms with E-state index in [4.69, 9.17) is 5.73 Å². The van der Waals surface area contributed by atoms with E-state index in [0.29, 0.717) is 17.2 Å². The van der Waals surface area contributed by atoms with Crippen LogP contribution in [-0.2, 0) is 0 Å². The van der Waals surface area contributed by atoms with Gasteiger partial charge in [-0.05, 0) is 42.5 Å². The summed E-state index contributed by atoms with van der Waals surface area (Å²) in [6.45, 7) is 0. The van der Waals surface area contributed by atoms with E-state index in [9.17, 15) is 14.3 Å². The molecule has 2 heterocycles. The number of aromatic hydroxyl groups is 1. The summed E-state index contributed by atoms with van der Waals surface area (Å²) in [5.41, 5.74) is 8.98. The quantitative estimate of drug-likeness (QED) is 0.804. The van der Waals surface area contributed by atoms with Gasteiger partial charge in [0.2, 0.25) is 0 Å². The summed E-state index contributed by atoms with van der Waals surface area (Å²) in [6.07, 6.45) is 3.31. The monoisotopic (exact) mass is 311 g/mol. The van der Waals surface area contributed by atoms with Crippen molar-refractivity contribution in [3.63, 3.8) is 0 Å². The molecule has 0 atom stereocenters. The highest BCUT2D eigenvalue weighted by Crippen LogP contribution is 2.42. The molecular weight excluding hydrogens is 299 g/mol. The lowest BCUT2D eigenvalue weighted by atomic mass is 10.0. The normalized spacial score (nSPS) is 14.3. The molecule has 1 fully saturated rings. The van der Waals surface area contributed by atoms with Gasteiger partial charge in [-0.25, -0.2) is 13.9 Å². The van der Waals surface area contributed by atoms with Crippen molar-refractivity contribution in [2.24, 2.45) is 0 Å². The summed E-state index contributed by atoms with van der Waals surface area (Å²) in [6, 6.07) is 6.04. The number of nitrogens with zero attached hydrogens (tertiary/aromatic N) is 3. The van der Waals surface area contributed by atoms with Crippen molar-refractivity contribution >= 4 is 11.6 Å². The van der Waals surface area contributed by atoms with Crippen LogP contribution in [0.2, 0.25) is 0 Å². The lowest BCUT2D eigenvalue weighted by Gasteiger charge is -2.10. The van der Waals surface area contributed by atoms with Crippen LogP contribution in [0.3, 0.4) is 0 Å². The fourth-order valence-corrected chi connectivity index (χ4v) is 2.80. The zero-order valence-electron chi connectivity index (χ0n) is 12.0. The fraction of sp³-hybridized carbons (Fsp3) is 0.188. The van der Waals surface area contributed by atoms with Crippen molar-refractivity contribution in [2.45, 2.75) is 18.8 Å². The summed E-state index contributed by atoms with van der Waals surface area (Å²) < 4.78 is 15.3. The Balaban J connectivity index is 1.98. The molecule has 3 aromatic rings. The molecule has 4 rings (SSSR count). The number of benzene rings is 1. The summed E-state index contributed by atoms with van der Waals surface area (Å²) in [7, 11) is 0. The van der Waals surface area contributed by atoms with Gasteiger partial charge in [-0.3, -0.25) is 10.5 Å². The van der Waals surface area contributed by atoms with Gasteiger partial charge < -0.3 is 5.11 Å². The highest BCUT2D eigenvalue weighted by Gasteiger charge is 2.25. The number of hydrogen-bond acceptors (Lipinski definition) is 4. The number of halogens is 1. The Kier molecular flexibility index (Phi) is 2.84. The van der Waals surface area contributed by atoms with Crippen LogP contribution in [0.4, 0.5) is 4.39 Å². The van der Waals surface area contributed by atoms with E-state index in [1.807, 2.05) is 6.07 Å². The van der Waals surface area contributed by atoms with Crippen molar-refractivity contribution in [3.8, 4) is 17.0 Å². The predicted molar refractivity (Wildman–Crippen MR) is 79.4 cm³/mol. The molecule has 1 aliphatic carbocycles. The SMILES string of the molecule is [NH]C(=O)c1c(O)cc(-c2cc(F)cc(C3CC3)c2)n2ncnc12. The minimum absolute atomic E-state index is 0.0808. The zero-order chi connectivity index (χ0) is 16.1. The molecule has 1 aromatic carbocycles. The Morgan fingerprint density at radius 3 is 2.78 bits per heavy atom. The molecule has 1 amide bonds. The van der Waals surface area contributed by atoms with Gasteiger partial charge in [0.15, 0.2) is 5.65 Å². The largest absolute Gasteiger partial charge is 0.507 e. The van der Waals surface area contributed by atoms with E-state index in [2.05, 4.69) is 10.1 Å². The molecule has 115 valence electrons. The standard InChI is InChI=1S/C16H12FN4O2/c17-11-4-9(8-1-2-8)3-10(5-11)12-6-13(22)14(15(18)23)16-19-7-20-21(12)16/h3-8,18,22H,1-2H2. The van der Waals surface area contributed by atoms with E-state index < -0.39 is 5.91 Å². The third kappa shape index (κ3) is 2.21. The number of fused-ring (bicyclic) bond motifs is 1. The lowest BCUT2D eigenvalue weighted by Crippen LogP contribution is -2.06. The number of pyridine rings is 1. The molecule has 0 bridgehead atoms. The van der Waals surface area contributed by atoms with Crippen LogP contribution in [0.15, 0.2) is 30.6 Å². The number of carbonyl (C=O) groups excluding carboxylic acids is 1. The Hall–Kier alpha value is -2.96. The Morgan fingerprint density at radius 1 is 1.30 bits per heavy atom. The summed E-state index contributed by atoms with van der Waals surface area (Å²) in [5.74, 6) is -1.40. The number of nitrogens with one attached hydrogen (secondary N) is 1. The molecule has 2 N–H and O–H groups in total. The van der Waals surface area contributed by atoms with E-state index in [-0.39, 0.29) is 22.8 Å². The third-order valence-electron chi connectivity index (χ3n) is 4.02. The Bertz CT molecular complexity index is 947. The van der Waals surface area contributed by atoms with Gasteiger partial charge in [0.05, 0.1) is 5.69 Å². The lowest BCUT2D eigenvalue weighted by molar-refractivity contribution is 0.0990. The van der Waals surface area contributed by atoms with Crippen molar-refractivity contribution in [1.82, 2.24) is 20.3 Å². The average molecular weight is 311 g/mol. The van der Waals surface area contributed by atoms with Crippen LogP contribution in [-0.4, -0.2) is 25.6 Å². The molecule has 0 saturated heterocycles. The van der Waals surface area contributed by atoms with Gasteiger partial charge in [0, 0.05) is 11.6 Å². The van der Waals surface area contributed by atoms with E-state index in [1.165, 1.54) is 29.0 Å². The first-order valence-corrected chi connectivity index (χ1v) is 7.17. The number of amides is 1. The second-order valence-electron chi connectivity index (χ2n) is 5.66. The molecule has 6 nitrogen and oxygen atoms in total. The topological polar surface area (TPSA) is 91.3 Å². The van der Waals surface area contributed by atoms with Crippen molar-refractivity contribution in [1.29, 1.82) is 0 Å². The number of hydrogen-bond donors (Lipinski definition) is 1. The number of rotatable bonds is 3. The first-order valence-electron chi connectivity index (χ1n) is 7.17. The first kappa shape index (κ1) is 13.7. The van der Waals surface area contributed by atoms with Crippen molar-refractivity contribution in [3.05, 3.63) is 47.5 Å². The molecule has 0 aliphatic heterocycles. The highest BCUT2D eigenvalue weighted by molar-refractivity contribution is 6.01. The van der Waals surface area contributed by atoms with Gasteiger partial charge in [0.25, 0.3) is 5.91 Å². The van der Waals surface area contributed by atoms with Crippen LogP contribution >= 0.6 is 0 Å². The minimum atomic E-state index is -1.05. The highest BCUT2D eigenvalue weighted by atomic mass is 19.1. The summed E-state index contributed by atoms with van der Waals surface area (Å²) >= 11 is 0. The third-order valence-corrected chi connectivity index (χ3v) is 4.02. The second kappa shape index (κ2) is 4.77. The first-order chi connectivity index (χ1) is 11.0. The van der Waals surface area contributed by atoms with Crippen molar-refractivity contribution in [2.75, 3.05) is 0 Å². The maximum absolute atomic E-state index is 13.9. The Morgan fingerprint density at radius 2 is 2.09 bits per heavy atom. The molecular formula is C16H12FN4O2. The number of carbonyl (C=O) groups is 1. The van der Waals surface area contributed by atoms with Crippen LogP contribution in [0.25, 0.3) is 16.9 Å². The van der Waals surface area contributed by atoms with Crippen LogP contribution in [0, 0.1) is 5.82 Å². The average Bonchev–Trinajstić information content (AvgIpc) is 3.24. The van der Waals surface area contributed by atoms with Crippen LogP contribution in [0.1, 0.15) is 34.7 Å². The van der Waals surface area contributed by atoms with Gasteiger partial charge in [0.1, 0.15) is 23.5 Å². The summed E-state index contributed by atoms with van der Waals surface area (Å²) in [5, 5.41) is 14.1. The van der Waals surface area contributed by atoms with Crippen molar-refractivity contribution < 1.29 is 14.3 Å². The van der Waals surface area contributed by atoms with Gasteiger partial charge in [-0.2, -0.15) is 5.10 Å². The summed E-state index contributed by atoms with van der Waals surface area (Å²) in [4.78, 5) is 15.3. The molecule has 1 aliphatic rings. The molecule has 0 unspecified atom stereocenters. The molecule has 1 saturated carbocycles. The second-order valence-corrected chi connectivity index (χ2v) is 5.66. The molecule has 2 aromatic heterocycles. The predicted octanol–water partition coefficient (Wildman–Crippen LogP) is 2.54. The molecule has 1 radical (unpaired) electrons. The molecule has 23 heavy (non-hydrogen) atoms. The fourth-order valence-electron chi connectivity index (χ4n) is 2.80. The van der Waals surface area contributed by atoms with Crippen LogP contribution < -0.4 is 5.73 Å². The minimum Gasteiger partial charge on any atom is -0.507 e. The molecule has 0 spiro atoms. The van der Waals surface area contributed by atoms with Gasteiger partial charge in [-0.15, -0.1) is 0 Å². The van der Waals surface area contributed by atoms with Crippen LogP contribution in [0.5, 0.6) is 5.75 Å².